The number of fused-ring (bicyclic) bond motifs is 1. The van der Waals surface area contributed by atoms with E-state index in [-0.39, 0.29) is 22.9 Å². The van der Waals surface area contributed by atoms with Crippen LogP contribution in [0.2, 0.25) is 0 Å². The fraction of sp³-hybridized carbons (Fsp3) is 0.0526. The zero-order chi connectivity index (χ0) is 19.9. The predicted molar refractivity (Wildman–Crippen MR) is 99.1 cm³/mol. The third-order valence-electron chi connectivity index (χ3n) is 4.03. The molecule has 28 heavy (non-hydrogen) atoms. The van der Waals surface area contributed by atoms with Gasteiger partial charge in [0.25, 0.3) is 0 Å². The molecule has 4 aromatic rings. The summed E-state index contributed by atoms with van der Waals surface area (Å²) < 4.78 is 43.6. The topological polar surface area (TPSA) is 75.4 Å². The van der Waals surface area contributed by atoms with Gasteiger partial charge in [0.05, 0.1) is 5.56 Å². The fourth-order valence-corrected chi connectivity index (χ4v) is 3.41. The summed E-state index contributed by atoms with van der Waals surface area (Å²) >= 11 is 1.31. The molecule has 1 amide bonds. The molecule has 5 nitrogen and oxygen atoms in total. The first-order valence-corrected chi connectivity index (χ1v) is 8.91. The Hall–Kier alpha value is -3.33. The molecule has 142 valence electrons. The Morgan fingerprint density at radius 3 is 2.64 bits per heavy atom. The number of nitrogens with one attached hydrogen (secondary N) is 1. The molecular weight excluding hydrogens is 393 g/mol. The molecule has 4 rings (SSSR count). The van der Waals surface area contributed by atoms with Gasteiger partial charge in [0.1, 0.15) is 11.4 Å². The number of halogens is 3. The second kappa shape index (κ2) is 6.68. The van der Waals surface area contributed by atoms with Gasteiger partial charge >= 0.3 is 12.1 Å². The number of amides is 1. The Morgan fingerprint density at radius 1 is 1.14 bits per heavy atom. The van der Waals surface area contributed by atoms with Crippen LogP contribution in [0.4, 0.5) is 19.1 Å². The third-order valence-corrected chi connectivity index (χ3v) is 4.71. The number of nitrogens with zero attached hydrogens (tertiary/aromatic N) is 1. The Balaban J connectivity index is 1.90. The van der Waals surface area contributed by atoms with Crippen LogP contribution in [-0.2, 0) is 4.79 Å². The van der Waals surface area contributed by atoms with Crippen LogP contribution in [0.3, 0.4) is 0 Å². The number of thiophene rings is 1. The third kappa shape index (κ3) is 3.20. The molecule has 0 aliphatic rings. The molecule has 2 heterocycles. The molecule has 2 N–H and O–H groups in total. The lowest BCUT2D eigenvalue weighted by atomic mass is 10.0. The minimum Gasteiger partial charge on any atom is -0.507 e. The van der Waals surface area contributed by atoms with Crippen LogP contribution in [0.25, 0.3) is 33.5 Å². The fourth-order valence-electron chi connectivity index (χ4n) is 2.77. The van der Waals surface area contributed by atoms with Gasteiger partial charge in [0.15, 0.2) is 0 Å². The molecule has 0 atom stereocenters. The number of alkyl halides is 3. The summed E-state index contributed by atoms with van der Waals surface area (Å²) in [5.41, 5.74) is 0.750. The second-order valence-electron chi connectivity index (χ2n) is 5.84. The summed E-state index contributed by atoms with van der Waals surface area (Å²) in [4.78, 5) is 15.7. The van der Waals surface area contributed by atoms with Crippen molar-refractivity contribution < 1.29 is 27.5 Å². The van der Waals surface area contributed by atoms with E-state index in [4.69, 9.17) is 4.42 Å². The van der Waals surface area contributed by atoms with Crippen molar-refractivity contribution in [1.82, 2.24) is 4.98 Å². The lowest BCUT2D eigenvalue weighted by Crippen LogP contribution is -2.29. The molecule has 2 aromatic heterocycles. The minimum absolute atomic E-state index is 0.0428. The highest BCUT2D eigenvalue weighted by atomic mass is 32.1. The number of oxazole rings is 1. The number of phenolic OH excluding ortho intramolecular Hbond substituents is 1. The quantitative estimate of drug-likeness (QED) is 0.477. The molecule has 0 fully saturated rings. The SMILES string of the molecule is O=C(Nc1oc(-c2c(O)ccc3ccccc23)nc1-c1ccsc1)C(F)(F)F. The van der Waals surface area contributed by atoms with Crippen LogP contribution in [0.5, 0.6) is 5.75 Å². The van der Waals surface area contributed by atoms with Crippen LogP contribution in [0.15, 0.2) is 57.6 Å². The molecule has 0 saturated heterocycles. The normalized spacial score (nSPS) is 11.7. The Bertz CT molecular complexity index is 1170. The predicted octanol–water partition coefficient (Wildman–Crippen LogP) is 5.43. The Morgan fingerprint density at radius 2 is 1.93 bits per heavy atom. The maximum absolute atomic E-state index is 12.7. The van der Waals surface area contributed by atoms with Gasteiger partial charge in [-0.1, -0.05) is 30.3 Å². The van der Waals surface area contributed by atoms with Crippen LogP contribution in [0, 0.1) is 0 Å². The number of hydrogen-bond donors (Lipinski definition) is 2. The molecule has 0 radical (unpaired) electrons. The number of phenols is 1. The van der Waals surface area contributed by atoms with Crippen molar-refractivity contribution in [2.24, 2.45) is 0 Å². The van der Waals surface area contributed by atoms with E-state index in [0.717, 1.165) is 5.39 Å². The first kappa shape index (κ1) is 18.1. The van der Waals surface area contributed by atoms with Gasteiger partial charge in [-0.3, -0.25) is 10.1 Å². The average Bonchev–Trinajstić information content (AvgIpc) is 3.30. The van der Waals surface area contributed by atoms with Crippen LogP contribution < -0.4 is 5.32 Å². The van der Waals surface area contributed by atoms with Crippen molar-refractivity contribution in [2.45, 2.75) is 6.18 Å². The highest BCUT2D eigenvalue weighted by Gasteiger charge is 2.40. The smallest absolute Gasteiger partial charge is 0.471 e. The summed E-state index contributed by atoms with van der Waals surface area (Å²) in [7, 11) is 0. The van der Waals surface area contributed by atoms with Crippen molar-refractivity contribution in [2.75, 3.05) is 5.32 Å². The van der Waals surface area contributed by atoms with Gasteiger partial charge in [0, 0.05) is 10.9 Å². The summed E-state index contributed by atoms with van der Waals surface area (Å²) in [5, 5.41) is 16.8. The van der Waals surface area contributed by atoms with Crippen molar-refractivity contribution in [3.8, 4) is 28.5 Å². The van der Waals surface area contributed by atoms with E-state index in [0.29, 0.717) is 10.9 Å². The lowest BCUT2D eigenvalue weighted by molar-refractivity contribution is -0.167. The maximum atomic E-state index is 12.7. The molecule has 0 saturated carbocycles. The van der Waals surface area contributed by atoms with E-state index >= 15 is 0 Å². The minimum atomic E-state index is -5.08. The summed E-state index contributed by atoms with van der Waals surface area (Å²) in [6.45, 7) is 0. The standard InChI is InChI=1S/C19H11F3N2O3S/c20-19(21,22)18(26)24-17-15(11-7-8-28-9-11)23-16(27-17)14-12-4-2-1-3-10(12)5-6-13(14)25/h1-9,25H,(H,24,26). The lowest BCUT2D eigenvalue weighted by Gasteiger charge is -2.06. The molecular formula is C19H11F3N2O3S. The van der Waals surface area contributed by atoms with Crippen molar-refractivity contribution in [1.29, 1.82) is 0 Å². The van der Waals surface area contributed by atoms with E-state index in [1.165, 1.54) is 17.4 Å². The molecule has 0 bridgehead atoms. The molecule has 0 unspecified atom stereocenters. The van der Waals surface area contributed by atoms with E-state index in [1.807, 2.05) is 12.1 Å². The molecule has 0 aliphatic heterocycles. The molecule has 9 heteroatoms. The van der Waals surface area contributed by atoms with E-state index in [2.05, 4.69) is 4.98 Å². The largest absolute Gasteiger partial charge is 0.507 e. The summed E-state index contributed by atoms with van der Waals surface area (Å²) in [5.74, 6) is -2.87. The summed E-state index contributed by atoms with van der Waals surface area (Å²) in [6.07, 6.45) is -5.08. The number of rotatable bonds is 3. The van der Waals surface area contributed by atoms with Crippen LogP contribution in [-0.4, -0.2) is 22.2 Å². The summed E-state index contributed by atoms with van der Waals surface area (Å²) in [6, 6.07) is 11.9. The van der Waals surface area contributed by atoms with Crippen LogP contribution >= 0.6 is 11.3 Å². The van der Waals surface area contributed by atoms with Crippen molar-refractivity contribution in [3.05, 3.63) is 53.2 Å². The van der Waals surface area contributed by atoms with Crippen LogP contribution in [0.1, 0.15) is 0 Å². The highest BCUT2D eigenvalue weighted by Crippen LogP contribution is 2.40. The number of benzene rings is 2. The Kier molecular flexibility index (Phi) is 4.31. The highest BCUT2D eigenvalue weighted by molar-refractivity contribution is 7.08. The van der Waals surface area contributed by atoms with Crippen molar-refractivity contribution in [3.63, 3.8) is 0 Å². The zero-order valence-corrected chi connectivity index (χ0v) is 14.8. The molecule has 0 aliphatic carbocycles. The number of aromatic nitrogens is 1. The second-order valence-corrected chi connectivity index (χ2v) is 6.62. The maximum Gasteiger partial charge on any atom is 0.471 e. The zero-order valence-electron chi connectivity index (χ0n) is 13.9. The molecule has 2 aromatic carbocycles. The van der Waals surface area contributed by atoms with Gasteiger partial charge < -0.3 is 9.52 Å². The number of carbonyl (C=O) groups is 1. The average molecular weight is 404 g/mol. The van der Waals surface area contributed by atoms with E-state index in [1.54, 1.807) is 40.3 Å². The number of carbonyl (C=O) groups excluding carboxylic acids is 1. The van der Waals surface area contributed by atoms with Gasteiger partial charge in [-0.05, 0) is 28.3 Å². The van der Waals surface area contributed by atoms with E-state index < -0.39 is 18.0 Å². The van der Waals surface area contributed by atoms with Gasteiger partial charge in [-0.25, -0.2) is 4.98 Å². The van der Waals surface area contributed by atoms with Crippen molar-refractivity contribution >= 4 is 33.9 Å². The number of hydrogen-bond acceptors (Lipinski definition) is 5. The van der Waals surface area contributed by atoms with Gasteiger partial charge in [-0.15, -0.1) is 0 Å². The van der Waals surface area contributed by atoms with E-state index in [9.17, 15) is 23.1 Å². The number of aromatic hydroxyl groups is 1. The monoisotopic (exact) mass is 404 g/mol. The first-order chi connectivity index (χ1) is 13.3. The molecule has 0 spiro atoms. The van der Waals surface area contributed by atoms with Gasteiger partial charge in [0.2, 0.25) is 11.8 Å². The Labute approximate surface area is 160 Å². The first-order valence-electron chi connectivity index (χ1n) is 7.97. The van der Waals surface area contributed by atoms with Gasteiger partial charge in [-0.2, -0.15) is 24.5 Å². The number of anilines is 1.